The molecule has 2 aromatic rings. The lowest BCUT2D eigenvalue weighted by molar-refractivity contribution is 0.297. The molecule has 2 N–H and O–H groups in total. The van der Waals surface area contributed by atoms with Crippen molar-refractivity contribution in [3.8, 4) is 11.5 Å². The minimum atomic E-state index is -0.633. The second-order valence-corrected chi connectivity index (χ2v) is 4.76. The highest BCUT2D eigenvalue weighted by atomic mass is 19.1. The summed E-state index contributed by atoms with van der Waals surface area (Å²) in [5.74, 6) is -0.104. The molecular formula is C16H17F2NO2. The zero-order valence-corrected chi connectivity index (χ0v) is 11.9. The summed E-state index contributed by atoms with van der Waals surface area (Å²) >= 11 is 0. The van der Waals surface area contributed by atoms with Crippen LogP contribution in [0, 0.1) is 11.6 Å². The van der Waals surface area contributed by atoms with Crippen molar-refractivity contribution in [3.63, 3.8) is 0 Å². The average Bonchev–Trinajstić information content (AvgIpc) is 2.43. The molecule has 0 aliphatic rings. The number of hydrogen-bond donors (Lipinski definition) is 1. The van der Waals surface area contributed by atoms with Crippen molar-refractivity contribution in [2.24, 2.45) is 5.73 Å². The molecule has 1 atom stereocenters. The molecule has 0 aliphatic carbocycles. The molecule has 0 saturated heterocycles. The van der Waals surface area contributed by atoms with Gasteiger partial charge in [0.2, 0.25) is 0 Å². The standard InChI is InChI=1S/C16H17F2NO2/c1-10(19)15-4-3-14(20-2)8-16(15)21-9-11-5-12(17)7-13(18)6-11/h3-8,10H,9,19H2,1-2H3/t10-/m1/s1. The van der Waals surface area contributed by atoms with Crippen LogP contribution in [-0.2, 0) is 6.61 Å². The Morgan fingerprint density at radius 2 is 1.76 bits per heavy atom. The Hall–Kier alpha value is -2.14. The lowest BCUT2D eigenvalue weighted by Gasteiger charge is -2.15. The van der Waals surface area contributed by atoms with E-state index in [1.165, 1.54) is 12.1 Å². The first-order valence-electron chi connectivity index (χ1n) is 6.51. The summed E-state index contributed by atoms with van der Waals surface area (Å²) < 4.78 is 37.1. The minimum Gasteiger partial charge on any atom is -0.497 e. The van der Waals surface area contributed by atoms with Gasteiger partial charge in [0.05, 0.1) is 7.11 Å². The monoisotopic (exact) mass is 293 g/mol. The zero-order chi connectivity index (χ0) is 15.4. The summed E-state index contributed by atoms with van der Waals surface area (Å²) in [4.78, 5) is 0. The van der Waals surface area contributed by atoms with Crippen molar-refractivity contribution in [1.82, 2.24) is 0 Å². The lowest BCUT2D eigenvalue weighted by Crippen LogP contribution is -2.08. The fourth-order valence-electron chi connectivity index (χ4n) is 2.00. The number of methoxy groups -OCH3 is 1. The van der Waals surface area contributed by atoms with Crippen LogP contribution in [-0.4, -0.2) is 7.11 Å². The van der Waals surface area contributed by atoms with Crippen LogP contribution in [0.5, 0.6) is 11.5 Å². The van der Waals surface area contributed by atoms with E-state index in [9.17, 15) is 8.78 Å². The first kappa shape index (κ1) is 15.3. The second-order valence-electron chi connectivity index (χ2n) is 4.76. The molecule has 0 fully saturated rings. The SMILES string of the molecule is COc1ccc([C@@H](C)N)c(OCc2cc(F)cc(F)c2)c1. The van der Waals surface area contributed by atoms with Gasteiger partial charge in [-0.3, -0.25) is 0 Å². The molecule has 21 heavy (non-hydrogen) atoms. The third kappa shape index (κ3) is 3.92. The van der Waals surface area contributed by atoms with E-state index < -0.39 is 11.6 Å². The second kappa shape index (κ2) is 6.54. The van der Waals surface area contributed by atoms with Gasteiger partial charge in [-0.1, -0.05) is 6.07 Å². The molecule has 0 spiro atoms. The number of halogens is 2. The molecule has 0 unspecified atom stereocenters. The van der Waals surface area contributed by atoms with Crippen LogP contribution in [0.15, 0.2) is 36.4 Å². The number of rotatable bonds is 5. The van der Waals surface area contributed by atoms with Crippen molar-refractivity contribution in [2.75, 3.05) is 7.11 Å². The van der Waals surface area contributed by atoms with Gasteiger partial charge in [-0.15, -0.1) is 0 Å². The molecule has 0 radical (unpaired) electrons. The fourth-order valence-corrected chi connectivity index (χ4v) is 2.00. The molecule has 2 aromatic carbocycles. The van der Waals surface area contributed by atoms with Crippen LogP contribution in [0.1, 0.15) is 24.1 Å². The quantitative estimate of drug-likeness (QED) is 0.916. The minimum absolute atomic E-state index is 0.0432. The maximum Gasteiger partial charge on any atom is 0.128 e. The Labute approximate surface area is 122 Å². The van der Waals surface area contributed by atoms with E-state index in [0.717, 1.165) is 11.6 Å². The molecule has 0 aromatic heterocycles. The van der Waals surface area contributed by atoms with Crippen LogP contribution in [0.2, 0.25) is 0 Å². The van der Waals surface area contributed by atoms with Crippen molar-refractivity contribution in [3.05, 3.63) is 59.2 Å². The van der Waals surface area contributed by atoms with Gasteiger partial charge in [-0.25, -0.2) is 8.78 Å². The summed E-state index contributed by atoms with van der Waals surface area (Å²) in [5, 5.41) is 0. The fraction of sp³-hybridized carbons (Fsp3) is 0.250. The highest BCUT2D eigenvalue weighted by Gasteiger charge is 2.10. The van der Waals surface area contributed by atoms with Gasteiger partial charge >= 0.3 is 0 Å². The van der Waals surface area contributed by atoms with Crippen molar-refractivity contribution in [1.29, 1.82) is 0 Å². The summed E-state index contributed by atoms with van der Waals surface area (Å²) in [7, 11) is 1.55. The van der Waals surface area contributed by atoms with Crippen LogP contribution < -0.4 is 15.2 Å². The van der Waals surface area contributed by atoms with E-state index >= 15 is 0 Å². The zero-order valence-electron chi connectivity index (χ0n) is 11.9. The number of benzene rings is 2. The normalized spacial score (nSPS) is 12.0. The number of nitrogens with two attached hydrogens (primary N) is 1. The van der Waals surface area contributed by atoms with Gasteiger partial charge in [0, 0.05) is 23.7 Å². The first-order chi connectivity index (χ1) is 9.99. The van der Waals surface area contributed by atoms with Crippen molar-refractivity contribution < 1.29 is 18.3 Å². The van der Waals surface area contributed by atoms with Gasteiger partial charge in [0.15, 0.2) is 0 Å². The largest absolute Gasteiger partial charge is 0.497 e. The van der Waals surface area contributed by atoms with Crippen molar-refractivity contribution in [2.45, 2.75) is 19.6 Å². The predicted octanol–water partition coefficient (Wildman–Crippen LogP) is 3.57. The number of hydrogen-bond acceptors (Lipinski definition) is 3. The van der Waals surface area contributed by atoms with Gasteiger partial charge in [-0.2, -0.15) is 0 Å². The summed E-state index contributed by atoms with van der Waals surface area (Å²) in [5.41, 5.74) is 7.09. The Morgan fingerprint density at radius 1 is 1.10 bits per heavy atom. The van der Waals surface area contributed by atoms with E-state index in [1.807, 2.05) is 13.0 Å². The summed E-state index contributed by atoms with van der Waals surface area (Å²) in [6.45, 7) is 1.87. The van der Waals surface area contributed by atoms with Crippen LogP contribution in [0.3, 0.4) is 0 Å². The third-order valence-electron chi connectivity index (χ3n) is 3.03. The maximum atomic E-state index is 13.1. The summed E-state index contributed by atoms with van der Waals surface area (Å²) in [6.07, 6.45) is 0. The first-order valence-corrected chi connectivity index (χ1v) is 6.51. The maximum absolute atomic E-state index is 13.1. The highest BCUT2D eigenvalue weighted by molar-refractivity contribution is 5.42. The smallest absolute Gasteiger partial charge is 0.128 e. The molecule has 5 heteroatoms. The molecular weight excluding hydrogens is 276 g/mol. The molecule has 2 rings (SSSR count). The molecule has 112 valence electrons. The molecule has 3 nitrogen and oxygen atoms in total. The van der Waals surface area contributed by atoms with Gasteiger partial charge < -0.3 is 15.2 Å². The highest BCUT2D eigenvalue weighted by Crippen LogP contribution is 2.29. The Balaban J connectivity index is 2.21. The topological polar surface area (TPSA) is 44.5 Å². The van der Waals surface area contributed by atoms with Crippen LogP contribution in [0.25, 0.3) is 0 Å². The molecule has 0 heterocycles. The van der Waals surface area contributed by atoms with Crippen LogP contribution >= 0.6 is 0 Å². The molecule has 0 amide bonds. The molecule has 0 bridgehead atoms. The number of ether oxygens (including phenoxy) is 2. The third-order valence-corrected chi connectivity index (χ3v) is 3.03. The predicted molar refractivity (Wildman–Crippen MR) is 76.3 cm³/mol. The van der Waals surface area contributed by atoms with E-state index in [0.29, 0.717) is 17.1 Å². The summed E-state index contributed by atoms with van der Waals surface area (Å²) in [6, 6.07) is 8.36. The molecule has 0 aliphatic heterocycles. The molecule has 0 saturated carbocycles. The van der Waals surface area contributed by atoms with Gasteiger partial charge in [0.25, 0.3) is 0 Å². The Bertz CT molecular complexity index is 609. The Morgan fingerprint density at radius 3 is 2.33 bits per heavy atom. The Kier molecular flexibility index (Phi) is 4.75. The lowest BCUT2D eigenvalue weighted by atomic mass is 10.1. The van der Waals surface area contributed by atoms with Crippen LogP contribution in [0.4, 0.5) is 8.78 Å². The van der Waals surface area contributed by atoms with Crippen molar-refractivity contribution >= 4 is 0 Å². The average molecular weight is 293 g/mol. The van der Waals surface area contributed by atoms with Gasteiger partial charge in [-0.05, 0) is 30.7 Å². The van der Waals surface area contributed by atoms with E-state index in [-0.39, 0.29) is 12.6 Å². The van der Waals surface area contributed by atoms with Gasteiger partial charge in [0.1, 0.15) is 29.7 Å². The van der Waals surface area contributed by atoms with E-state index in [1.54, 1.807) is 19.2 Å². The van der Waals surface area contributed by atoms with E-state index in [4.69, 9.17) is 15.2 Å². The van der Waals surface area contributed by atoms with E-state index in [2.05, 4.69) is 0 Å².